The summed E-state index contributed by atoms with van der Waals surface area (Å²) >= 11 is 0. The fraction of sp³-hybridized carbons (Fsp3) is 0.250. The fourth-order valence-corrected chi connectivity index (χ4v) is 1.79. The van der Waals surface area contributed by atoms with E-state index in [0.29, 0.717) is 6.73 Å². The SMILES string of the molecule is COCn1ccc2cccc(C(C)=O)c21. The molecule has 78 valence electrons. The number of methoxy groups -OCH3 is 1. The van der Waals surface area contributed by atoms with E-state index in [9.17, 15) is 4.79 Å². The summed E-state index contributed by atoms with van der Waals surface area (Å²) in [4.78, 5) is 11.5. The molecule has 15 heavy (non-hydrogen) atoms. The van der Waals surface area contributed by atoms with Gasteiger partial charge in [-0.05, 0) is 19.1 Å². The summed E-state index contributed by atoms with van der Waals surface area (Å²) < 4.78 is 7.02. The molecule has 0 fully saturated rings. The first-order valence-corrected chi connectivity index (χ1v) is 4.82. The van der Waals surface area contributed by atoms with Gasteiger partial charge in [-0.1, -0.05) is 12.1 Å². The highest BCUT2D eigenvalue weighted by Gasteiger charge is 2.09. The van der Waals surface area contributed by atoms with Crippen LogP contribution in [0.3, 0.4) is 0 Å². The van der Waals surface area contributed by atoms with E-state index in [2.05, 4.69) is 0 Å². The van der Waals surface area contributed by atoms with Gasteiger partial charge in [0.25, 0.3) is 0 Å². The summed E-state index contributed by atoms with van der Waals surface area (Å²) in [5.41, 5.74) is 1.70. The Labute approximate surface area is 88.3 Å². The third-order valence-electron chi connectivity index (χ3n) is 2.44. The van der Waals surface area contributed by atoms with Gasteiger partial charge < -0.3 is 9.30 Å². The van der Waals surface area contributed by atoms with Crippen LogP contribution in [-0.4, -0.2) is 17.5 Å². The van der Waals surface area contributed by atoms with Crippen LogP contribution in [0.2, 0.25) is 0 Å². The predicted octanol–water partition coefficient (Wildman–Crippen LogP) is 2.45. The standard InChI is InChI=1S/C12H13NO2/c1-9(14)11-5-3-4-10-6-7-13(8-15-2)12(10)11/h3-7H,8H2,1-2H3. The Balaban J connectivity index is 2.69. The number of para-hydroxylation sites is 1. The minimum Gasteiger partial charge on any atom is -0.364 e. The maximum atomic E-state index is 11.5. The highest BCUT2D eigenvalue weighted by molar-refractivity contribution is 6.05. The number of hydrogen-bond acceptors (Lipinski definition) is 2. The minimum absolute atomic E-state index is 0.0802. The lowest BCUT2D eigenvalue weighted by molar-refractivity contribution is 0.101. The van der Waals surface area contributed by atoms with Gasteiger partial charge in [0.05, 0.1) is 5.52 Å². The van der Waals surface area contributed by atoms with Gasteiger partial charge in [0.15, 0.2) is 5.78 Å². The van der Waals surface area contributed by atoms with Crippen molar-refractivity contribution >= 4 is 16.7 Å². The zero-order valence-corrected chi connectivity index (χ0v) is 8.86. The van der Waals surface area contributed by atoms with Crippen molar-refractivity contribution in [3.05, 3.63) is 36.0 Å². The van der Waals surface area contributed by atoms with Crippen LogP contribution in [0.15, 0.2) is 30.5 Å². The summed E-state index contributed by atoms with van der Waals surface area (Å²) in [7, 11) is 1.64. The molecule has 3 heteroatoms. The maximum absolute atomic E-state index is 11.5. The van der Waals surface area contributed by atoms with Crippen molar-refractivity contribution in [2.45, 2.75) is 13.7 Å². The number of nitrogens with zero attached hydrogens (tertiary/aromatic N) is 1. The third-order valence-corrected chi connectivity index (χ3v) is 2.44. The van der Waals surface area contributed by atoms with E-state index in [1.165, 1.54) is 0 Å². The summed E-state index contributed by atoms with van der Waals surface area (Å²) in [6, 6.07) is 7.72. The van der Waals surface area contributed by atoms with Crippen LogP contribution in [0.1, 0.15) is 17.3 Å². The van der Waals surface area contributed by atoms with Gasteiger partial charge >= 0.3 is 0 Å². The van der Waals surface area contributed by atoms with Crippen molar-refractivity contribution in [3.8, 4) is 0 Å². The molecule has 0 amide bonds. The maximum Gasteiger partial charge on any atom is 0.161 e. The predicted molar refractivity (Wildman–Crippen MR) is 59.0 cm³/mol. The number of carbonyl (C=O) groups is 1. The lowest BCUT2D eigenvalue weighted by Crippen LogP contribution is -2.02. The van der Waals surface area contributed by atoms with Crippen molar-refractivity contribution in [2.24, 2.45) is 0 Å². The summed E-state index contributed by atoms with van der Waals surface area (Å²) in [5, 5.41) is 1.07. The van der Waals surface area contributed by atoms with Crippen LogP contribution in [0.25, 0.3) is 10.9 Å². The number of fused-ring (bicyclic) bond motifs is 1. The van der Waals surface area contributed by atoms with Gasteiger partial charge in [-0.3, -0.25) is 4.79 Å². The van der Waals surface area contributed by atoms with Crippen LogP contribution in [0.4, 0.5) is 0 Å². The Hall–Kier alpha value is -1.61. The lowest BCUT2D eigenvalue weighted by atomic mass is 10.1. The van der Waals surface area contributed by atoms with Crippen molar-refractivity contribution in [3.63, 3.8) is 0 Å². The van der Waals surface area contributed by atoms with Crippen molar-refractivity contribution in [2.75, 3.05) is 7.11 Å². The highest BCUT2D eigenvalue weighted by atomic mass is 16.5. The van der Waals surface area contributed by atoms with E-state index in [0.717, 1.165) is 16.5 Å². The van der Waals surface area contributed by atoms with Gasteiger partial charge in [0, 0.05) is 24.3 Å². The lowest BCUT2D eigenvalue weighted by Gasteiger charge is -2.06. The Morgan fingerprint density at radius 2 is 2.20 bits per heavy atom. The molecule has 2 aromatic rings. The fourth-order valence-electron chi connectivity index (χ4n) is 1.79. The third kappa shape index (κ3) is 1.66. The average Bonchev–Trinajstić information content (AvgIpc) is 2.62. The molecule has 0 saturated carbocycles. The smallest absolute Gasteiger partial charge is 0.161 e. The van der Waals surface area contributed by atoms with Crippen molar-refractivity contribution in [1.82, 2.24) is 4.57 Å². The normalized spacial score (nSPS) is 10.8. The highest BCUT2D eigenvalue weighted by Crippen LogP contribution is 2.20. The molecule has 0 N–H and O–H groups in total. The molecule has 0 bridgehead atoms. The first-order valence-electron chi connectivity index (χ1n) is 4.82. The Kier molecular flexibility index (Phi) is 2.56. The van der Waals surface area contributed by atoms with E-state index >= 15 is 0 Å². The minimum atomic E-state index is 0.0802. The van der Waals surface area contributed by atoms with Gasteiger partial charge in [-0.25, -0.2) is 0 Å². The molecular formula is C12H13NO2. The number of aromatic nitrogens is 1. The first kappa shape index (κ1) is 9.93. The molecule has 1 aromatic heterocycles. The van der Waals surface area contributed by atoms with E-state index in [4.69, 9.17) is 4.74 Å². The second kappa shape index (κ2) is 3.87. The Morgan fingerprint density at radius 1 is 1.40 bits per heavy atom. The first-order chi connectivity index (χ1) is 7.24. The molecule has 2 rings (SSSR count). The van der Waals surface area contributed by atoms with Gasteiger partial charge in [-0.2, -0.15) is 0 Å². The molecule has 0 spiro atoms. The van der Waals surface area contributed by atoms with Crippen LogP contribution in [0, 0.1) is 0 Å². The van der Waals surface area contributed by atoms with Gasteiger partial charge in [0.1, 0.15) is 6.73 Å². The summed E-state index contributed by atoms with van der Waals surface area (Å²) in [6.07, 6.45) is 1.93. The number of ketones is 1. The second-order valence-corrected chi connectivity index (χ2v) is 3.50. The van der Waals surface area contributed by atoms with E-state index in [1.54, 1.807) is 14.0 Å². The number of rotatable bonds is 3. The molecule has 0 aliphatic rings. The summed E-state index contributed by atoms with van der Waals surface area (Å²) in [5.74, 6) is 0.0802. The van der Waals surface area contributed by atoms with Crippen LogP contribution >= 0.6 is 0 Å². The van der Waals surface area contributed by atoms with Gasteiger partial charge in [0.2, 0.25) is 0 Å². The molecule has 0 aliphatic carbocycles. The van der Waals surface area contributed by atoms with Crippen LogP contribution < -0.4 is 0 Å². The molecule has 0 atom stereocenters. The molecule has 1 aromatic carbocycles. The molecule has 0 aliphatic heterocycles. The Bertz CT molecular complexity index is 499. The summed E-state index contributed by atoms with van der Waals surface area (Å²) in [6.45, 7) is 2.05. The van der Waals surface area contributed by atoms with Crippen LogP contribution in [0.5, 0.6) is 0 Å². The largest absolute Gasteiger partial charge is 0.364 e. The number of Topliss-reactive ketones (excluding diaryl/α,β-unsaturated/α-hetero) is 1. The molecule has 0 saturated heterocycles. The van der Waals surface area contributed by atoms with Crippen molar-refractivity contribution in [1.29, 1.82) is 0 Å². The van der Waals surface area contributed by atoms with E-state index < -0.39 is 0 Å². The zero-order chi connectivity index (χ0) is 10.8. The molecule has 0 unspecified atom stereocenters. The number of carbonyl (C=O) groups excluding carboxylic acids is 1. The second-order valence-electron chi connectivity index (χ2n) is 3.50. The molecular weight excluding hydrogens is 190 g/mol. The topological polar surface area (TPSA) is 31.2 Å². The molecule has 3 nitrogen and oxygen atoms in total. The van der Waals surface area contributed by atoms with E-state index in [-0.39, 0.29) is 5.78 Å². The quantitative estimate of drug-likeness (QED) is 0.717. The van der Waals surface area contributed by atoms with Crippen molar-refractivity contribution < 1.29 is 9.53 Å². The van der Waals surface area contributed by atoms with Crippen LogP contribution in [-0.2, 0) is 11.5 Å². The van der Waals surface area contributed by atoms with Gasteiger partial charge in [-0.15, -0.1) is 0 Å². The Morgan fingerprint density at radius 3 is 2.87 bits per heavy atom. The molecule has 1 heterocycles. The molecule has 0 radical (unpaired) electrons. The number of benzene rings is 1. The average molecular weight is 203 g/mol. The zero-order valence-electron chi connectivity index (χ0n) is 8.86. The van der Waals surface area contributed by atoms with E-state index in [1.807, 2.05) is 35.0 Å². The number of ether oxygens (including phenoxy) is 1. The number of hydrogen-bond donors (Lipinski definition) is 0. The monoisotopic (exact) mass is 203 g/mol.